The number of hydrogen-bond donors (Lipinski definition) is 0. The van der Waals surface area contributed by atoms with Gasteiger partial charge >= 0.3 is 0 Å². The molecule has 0 amide bonds. The van der Waals surface area contributed by atoms with Gasteiger partial charge in [-0.05, 0) is 25.5 Å². The van der Waals surface area contributed by atoms with E-state index in [9.17, 15) is 0 Å². The van der Waals surface area contributed by atoms with Crippen LogP contribution in [0.2, 0.25) is 0 Å². The maximum Gasteiger partial charge on any atom is 0.140 e. The summed E-state index contributed by atoms with van der Waals surface area (Å²) in [4.78, 5) is 3.93. The molecule has 0 spiro atoms. The Labute approximate surface area is 78.0 Å². The van der Waals surface area contributed by atoms with E-state index in [0.717, 1.165) is 5.56 Å². The lowest BCUT2D eigenvalue weighted by Gasteiger charge is -2.06. The van der Waals surface area contributed by atoms with Gasteiger partial charge in [0.15, 0.2) is 0 Å². The summed E-state index contributed by atoms with van der Waals surface area (Å²) in [6.07, 6.45) is 1.89. The predicted octanol–water partition coefficient (Wildman–Crippen LogP) is 1.88. The molecule has 0 N–H and O–H groups in total. The molecule has 1 aromatic heterocycles. The molecule has 1 aromatic rings. The number of pyridine rings is 1. The van der Waals surface area contributed by atoms with Crippen molar-refractivity contribution >= 4 is 0 Å². The molecule has 1 heterocycles. The average molecular weight is 176 g/mol. The van der Waals surface area contributed by atoms with E-state index in [2.05, 4.69) is 4.98 Å². The van der Waals surface area contributed by atoms with Crippen molar-refractivity contribution in [2.45, 2.75) is 26.6 Å². The molecule has 0 radical (unpaired) electrons. The summed E-state index contributed by atoms with van der Waals surface area (Å²) < 4.78 is 5.38. The van der Waals surface area contributed by atoms with E-state index in [0.29, 0.717) is 12.3 Å². The van der Waals surface area contributed by atoms with Crippen LogP contribution in [0.5, 0.6) is 0 Å². The minimum Gasteiger partial charge on any atom is -0.374 e. The summed E-state index contributed by atoms with van der Waals surface area (Å²) in [5.41, 5.74) is 1.43. The SMILES string of the molecule is CC(C)OCc1ccc(C#N)nc1. The second-order valence-corrected chi connectivity index (χ2v) is 3.02. The topological polar surface area (TPSA) is 45.9 Å². The quantitative estimate of drug-likeness (QED) is 0.706. The molecule has 0 aromatic carbocycles. The van der Waals surface area contributed by atoms with Crippen molar-refractivity contribution in [1.29, 1.82) is 5.26 Å². The van der Waals surface area contributed by atoms with Crippen molar-refractivity contribution in [3.8, 4) is 6.07 Å². The van der Waals surface area contributed by atoms with Crippen molar-refractivity contribution in [3.63, 3.8) is 0 Å². The molecular formula is C10H12N2O. The fourth-order valence-electron chi connectivity index (χ4n) is 0.839. The molecule has 1 rings (SSSR count). The Morgan fingerprint density at radius 1 is 1.54 bits per heavy atom. The van der Waals surface area contributed by atoms with Crippen LogP contribution in [0.15, 0.2) is 18.3 Å². The maximum absolute atomic E-state index is 8.50. The average Bonchev–Trinajstić information content (AvgIpc) is 2.15. The van der Waals surface area contributed by atoms with Gasteiger partial charge in [-0.15, -0.1) is 0 Å². The van der Waals surface area contributed by atoms with Gasteiger partial charge < -0.3 is 4.74 Å². The van der Waals surface area contributed by atoms with Crippen LogP contribution in [-0.2, 0) is 11.3 Å². The van der Waals surface area contributed by atoms with Crippen molar-refractivity contribution in [2.75, 3.05) is 0 Å². The fourth-order valence-corrected chi connectivity index (χ4v) is 0.839. The number of aromatic nitrogens is 1. The molecule has 13 heavy (non-hydrogen) atoms. The first kappa shape index (κ1) is 9.69. The summed E-state index contributed by atoms with van der Waals surface area (Å²) in [5, 5.41) is 8.50. The van der Waals surface area contributed by atoms with Gasteiger partial charge in [0.25, 0.3) is 0 Å². The normalized spacial score (nSPS) is 10.0. The van der Waals surface area contributed by atoms with Gasteiger partial charge in [0.2, 0.25) is 0 Å². The number of ether oxygens (including phenoxy) is 1. The van der Waals surface area contributed by atoms with Crippen LogP contribution in [0.3, 0.4) is 0 Å². The summed E-state index contributed by atoms with van der Waals surface area (Å²) in [6.45, 7) is 4.52. The minimum absolute atomic E-state index is 0.218. The van der Waals surface area contributed by atoms with Crippen molar-refractivity contribution in [1.82, 2.24) is 4.98 Å². The number of nitriles is 1. The highest BCUT2D eigenvalue weighted by Crippen LogP contribution is 2.02. The van der Waals surface area contributed by atoms with E-state index in [4.69, 9.17) is 10.00 Å². The van der Waals surface area contributed by atoms with Crippen LogP contribution in [0.1, 0.15) is 25.1 Å². The van der Waals surface area contributed by atoms with Gasteiger partial charge in [-0.1, -0.05) is 6.07 Å². The molecule has 0 unspecified atom stereocenters. The molecular weight excluding hydrogens is 164 g/mol. The van der Waals surface area contributed by atoms with Gasteiger partial charge in [-0.2, -0.15) is 5.26 Å². The molecule has 3 heteroatoms. The molecule has 0 aliphatic carbocycles. The van der Waals surface area contributed by atoms with E-state index < -0.39 is 0 Å². The zero-order valence-corrected chi connectivity index (χ0v) is 7.82. The highest BCUT2D eigenvalue weighted by Gasteiger charge is 1.97. The minimum atomic E-state index is 0.218. The van der Waals surface area contributed by atoms with Crippen molar-refractivity contribution < 1.29 is 4.74 Å². The van der Waals surface area contributed by atoms with Crippen LogP contribution in [0.4, 0.5) is 0 Å². The molecule has 0 saturated carbocycles. The number of hydrogen-bond acceptors (Lipinski definition) is 3. The van der Waals surface area contributed by atoms with Crippen LogP contribution in [0.25, 0.3) is 0 Å². The Balaban J connectivity index is 2.55. The summed E-state index contributed by atoms with van der Waals surface area (Å²) >= 11 is 0. The fraction of sp³-hybridized carbons (Fsp3) is 0.400. The standard InChI is InChI=1S/C10H12N2O/c1-8(2)13-7-9-3-4-10(5-11)12-6-9/h3-4,6,8H,7H2,1-2H3. The maximum atomic E-state index is 8.50. The summed E-state index contributed by atoms with van der Waals surface area (Å²) in [6, 6.07) is 5.52. The first-order chi connectivity index (χ1) is 6.22. The summed E-state index contributed by atoms with van der Waals surface area (Å²) in [5.74, 6) is 0. The van der Waals surface area contributed by atoms with E-state index in [-0.39, 0.29) is 6.10 Å². The van der Waals surface area contributed by atoms with Crippen molar-refractivity contribution in [3.05, 3.63) is 29.6 Å². The largest absolute Gasteiger partial charge is 0.374 e. The van der Waals surface area contributed by atoms with E-state index in [1.165, 1.54) is 0 Å². The van der Waals surface area contributed by atoms with Gasteiger partial charge in [-0.25, -0.2) is 4.98 Å². The molecule has 0 aliphatic heterocycles. The predicted molar refractivity (Wildman–Crippen MR) is 48.9 cm³/mol. The molecule has 0 fully saturated rings. The first-order valence-corrected chi connectivity index (χ1v) is 4.19. The highest BCUT2D eigenvalue weighted by atomic mass is 16.5. The molecule has 0 aliphatic rings. The van der Waals surface area contributed by atoms with Crippen LogP contribution >= 0.6 is 0 Å². The van der Waals surface area contributed by atoms with Crippen LogP contribution < -0.4 is 0 Å². The summed E-state index contributed by atoms with van der Waals surface area (Å²) in [7, 11) is 0. The van der Waals surface area contributed by atoms with E-state index >= 15 is 0 Å². The van der Waals surface area contributed by atoms with Crippen LogP contribution in [0, 0.1) is 11.3 Å². The third-order valence-electron chi connectivity index (χ3n) is 1.52. The van der Waals surface area contributed by atoms with E-state index in [1.807, 2.05) is 26.0 Å². The Morgan fingerprint density at radius 3 is 2.77 bits per heavy atom. The lowest BCUT2D eigenvalue weighted by atomic mass is 10.2. The zero-order valence-electron chi connectivity index (χ0n) is 7.82. The molecule has 0 bridgehead atoms. The zero-order chi connectivity index (χ0) is 9.68. The van der Waals surface area contributed by atoms with Gasteiger partial charge in [0.05, 0.1) is 12.7 Å². The molecule has 0 atom stereocenters. The Kier molecular flexibility index (Phi) is 3.41. The lowest BCUT2D eigenvalue weighted by molar-refractivity contribution is 0.0655. The van der Waals surface area contributed by atoms with Crippen LogP contribution in [-0.4, -0.2) is 11.1 Å². The molecule has 0 saturated heterocycles. The Hall–Kier alpha value is -1.40. The van der Waals surface area contributed by atoms with Crippen molar-refractivity contribution in [2.24, 2.45) is 0 Å². The smallest absolute Gasteiger partial charge is 0.140 e. The first-order valence-electron chi connectivity index (χ1n) is 4.19. The lowest BCUT2D eigenvalue weighted by Crippen LogP contribution is -2.02. The Bertz CT molecular complexity index is 298. The highest BCUT2D eigenvalue weighted by molar-refractivity contribution is 5.22. The van der Waals surface area contributed by atoms with Gasteiger partial charge in [0, 0.05) is 6.20 Å². The Morgan fingerprint density at radius 2 is 2.31 bits per heavy atom. The third kappa shape index (κ3) is 3.22. The number of nitrogens with zero attached hydrogens (tertiary/aromatic N) is 2. The molecule has 3 nitrogen and oxygen atoms in total. The van der Waals surface area contributed by atoms with Gasteiger partial charge in [0.1, 0.15) is 11.8 Å². The van der Waals surface area contributed by atoms with E-state index in [1.54, 1.807) is 12.3 Å². The third-order valence-corrected chi connectivity index (χ3v) is 1.52. The second-order valence-electron chi connectivity index (χ2n) is 3.02. The monoisotopic (exact) mass is 176 g/mol. The number of rotatable bonds is 3. The van der Waals surface area contributed by atoms with Gasteiger partial charge in [-0.3, -0.25) is 0 Å². The molecule has 68 valence electrons. The second kappa shape index (κ2) is 4.58.